The van der Waals surface area contributed by atoms with Gasteiger partial charge in [-0.25, -0.2) is 4.68 Å². The maximum absolute atomic E-state index is 12.7. The zero-order chi connectivity index (χ0) is 24.4. The molecule has 2 aromatic rings. The SMILES string of the molecule is COc1cc(C=c2c(=O)nc3sc(=C4C=CC(=O)C=C4)[nH]n-3c2=N)ccc1OCc1ccccc1. The van der Waals surface area contributed by atoms with E-state index in [2.05, 4.69) is 10.1 Å². The third-order valence-electron chi connectivity index (χ3n) is 5.36. The zero-order valence-electron chi connectivity index (χ0n) is 18.6. The van der Waals surface area contributed by atoms with Crippen LogP contribution in [0.5, 0.6) is 11.5 Å². The summed E-state index contributed by atoms with van der Waals surface area (Å²) < 4.78 is 13.5. The highest BCUT2D eigenvalue weighted by atomic mass is 32.1. The maximum atomic E-state index is 12.7. The topological polar surface area (TPSA) is 110 Å². The van der Waals surface area contributed by atoms with Gasteiger partial charge in [-0.3, -0.25) is 20.1 Å². The number of methoxy groups -OCH3 is 1. The lowest BCUT2D eigenvalue weighted by Crippen LogP contribution is -2.47. The van der Waals surface area contributed by atoms with Crippen molar-refractivity contribution < 1.29 is 14.3 Å². The molecule has 174 valence electrons. The molecule has 8 nitrogen and oxygen atoms in total. The summed E-state index contributed by atoms with van der Waals surface area (Å²) in [5, 5.41) is 12.2. The second-order valence-electron chi connectivity index (χ2n) is 7.69. The Bertz CT molecular complexity index is 1680. The number of benzene rings is 2. The van der Waals surface area contributed by atoms with Gasteiger partial charge in [-0.05, 0) is 53.6 Å². The Kier molecular flexibility index (Phi) is 5.99. The fraction of sp³-hybridized carbons (Fsp3) is 0.0769. The minimum Gasteiger partial charge on any atom is -0.493 e. The van der Waals surface area contributed by atoms with Gasteiger partial charge in [0.15, 0.2) is 22.8 Å². The van der Waals surface area contributed by atoms with Crippen molar-refractivity contribution >= 4 is 28.8 Å². The number of aromatic amines is 1. The van der Waals surface area contributed by atoms with Crippen LogP contribution >= 0.6 is 11.3 Å². The van der Waals surface area contributed by atoms with Crippen molar-refractivity contribution in [3.63, 3.8) is 0 Å². The number of rotatable bonds is 5. The summed E-state index contributed by atoms with van der Waals surface area (Å²) in [5.74, 6) is 0.999. The lowest BCUT2D eigenvalue weighted by Gasteiger charge is -2.11. The minimum absolute atomic E-state index is 0.0219. The summed E-state index contributed by atoms with van der Waals surface area (Å²) in [6, 6.07) is 15.1. The molecule has 0 fully saturated rings. The summed E-state index contributed by atoms with van der Waals surface area (Å²) in [4.78, 5) is 28.3. The smallest absolute Gasteiger partial charge is 0.283 e. The second kappa shape index (κ2) is 9.40. The number of ether oxygens (including phenoxy) is 2. The van der Waals surface area contributed by atoms with E-state index in [0.717, 1.165) is 11.1 Å². The Labute approximate surface area is 203 Å². The van der Waals surface area contributed by atoms with Crippen molar-refractivity contribution in [1.29, 1.82) is 5.41 Å². The Morgan fingerprint density at radius 2 is 1.83 bits per heavy atom. The summed E-state index contributed by atoms with van der Waals surface area (Å²) in [5.41, 5.74) is 1.95. The first-order chi connectivity index (χ1) is 17.0. The summed E-state index contributed by atoms with van der Waals surface area (Å²) >= 11 is 1.24. The minimum atomic E-state index is -0.505. The van der Waals surface area contributed by atoms with Crippen LogP contribution in [-0.2, 0) is 11.4 Å². The lowest BCUT2D eigenvalue weighted by atomic mass is 10.1. The van der Waals surface area contributed by atoms with E-state index in [4.69, 9.17) is 14.9 Å². The molecule has 0 atom stereocenters. The van der Waals surface area contributed by atoms with E-state index in [-0.39, 0.29) is 16.5 Å². The first-order valence-corrected chi connectivity index (χ1v) is 11.5. The molecule has 0 saturated carbocycles. The van der Waals surface area contributed by atoms with Crippen molar-refractivity contribution in [3.05, 3.63) is 110 Å². The van der Waals surface area contributed by atoms with Gasteiger partial charge in [-0.2, -0.15) is 4.98 Å². The van der Waals surface area contributed by atoms with Crippen LogP contribution in [0.3, 0.4) is 0 Å². The number of carbonyl (C=O) groups excluding carboxylic acids is 1. The predicted molar refractivity (Wildman–Crippen MR) is 132 cm³/mol. The highest BCUT2D eigenvalue weighted by Crippen LogP contribution is 2.29. The first-order valence-electron chi connectivity index (χ1n) is 10.7. The molecule has 0 amide bonds. The Balaban J connectivity index is 1.53. The number of fused-ring (bicyclic) bond motifs is 1. The van der Waals surface area contributed by atoms with Crippen LogP contribution in [-0.4, -0.2) is 27.7 Å². The van der Waals surface area contributed by atoms with Crippen LogP contribution in [0.1, 0.15) is 11.1 Å². The van der Waals surface area contributed by atoms with Gasteiger partial charge in [0.1, 0.15) is 11.3 Å². The average Bonchev–Trinajstić information content (AvgIpc) is 3.30. The number of nitrogens with one attached hydrogen (secondary N) is 2. The van der Waals surface area contributed by atoms with E-state index in [0.29, 0.717) is 33.5 Å². The van der Waals surface area contributed by atoms with E-state index < -0.39 is 5.56 Å². The molecule has 2 aliphatic heterocycles. The van der Waals surface area contributed by atoms with E-state index in [1.807, 2.05) is 30.3 Å². The van der Waals surface area contributed by atoms with Gasteiger partial charge in [0.2, 0.25) is 5.13 Å². The fourth-order valence-electron chi connectivity index (χ4n) is 3.56. The molecular formula is C26H20N4O4S. The Hall–Kier alpha value is -4.50. The standard InChI is InChI=1S/C26H20N4O4S/c1-33-22-14-17(7-12-21(22)34-15-16-5-3-2-4-6-16)13-20-23(27)30-26(28-24(20)32)35-25(29-30)18-8-10-19(31)11-9-18/h2-14,27,29H,15H2,1H3. The van der Waals surface area contributed by atoms with Gasteiger partial charge in [0, 0.05) is 5.57 Å². The number of nitrogens with zero attached hydrogens (tertiary/aromatic N) is 2. The van der Waals surface area contributed by atoms with Crippen molar-refractivity contribution in [3.8, 4) is 16.6 Å². The second-order valence-corrected chi connectivity index (χ2v) is 8.67. The van der Waals surface area contributed by atoms with Crippen LogP contribution in [0.15, 0.2) is 77.6 Å². The van der Waals surface area contributed by atoms with E-state index in [9.17, 15) is 9.59 Å². The molecule has 0 aromatic heterocycles. The number of aromatic nitrogens is 3. The van der Waals surface area contributed by atoms with E-state index >= 15 is 0 Å². The number of hydrogen-bond acceptors (Lipinski definition) is 7. The molecule has 0 radical (unpaired) electrons. The third kappa shape index (κ3) is 4.62. The van der Waals surface area contributed by atoms with Gasteiger partial charge >= 0.3 is 0 Å². The van der Waals surface area contributed by atoms with Gasteiger partial charge < -0.3 is 9.47 Å². The molecule has 0 bridgehead atoms. The molecule has 2 N–H and O–H groups in total. The molecule has 0 spiro atoms. The zero-order valence-corrected chi connectivity index (χ0v) is 19.5. The lowest BCUT2D eigenvalue weighted by molar-refractivity contribution is -0.110. The van der Waals surface area contributed by atoms with E-state index in [1.54, 1.807) is 43.5 Å². The molecule has 0 unspecified atom stereocenters. The molecular weight excluding hydrogens is 464 g/mol. The number of H-pyrrole nitrogens is 1. The number of carbonyl (C=O) groups is 1. The Morgan fingerprint density at radius 3 is 2.57 bits per heavy atom. The number of ketones is 1. The van der Waals surface area contributed by atoms with Crippen LogP contribution in [0.4, 0.5) is 0 Å². The van der Waals surface area contributed by atoms with Gasteiger partial charge in [0.25, 0.3) is 5.56 Å². The third-order valence-corrected chi connectivity index (χ3v) is 6.34. The van der Waals surface area contributed by atoms with Gasteiger partial charge in [-0.1, -0.05) is 47.7 Å². The van der Waals surface area contributed by atoms with Crippen LogP contribution < -0.4 is 30.4 Å². The van der Waals surface area contributed by atoms with Gasteiger partial charge in [0.05, 0.1) is 12.3 Å². The van der Waals surface area contributed by atoms with Crippen LogP contribution in [0, 0.1) is 5.41 Å². The highest BCUT2D eigenvalue weighted by Gasteiger charge is 2.13. The first kappa shape index (κ1) is 22.3. The predicted octanol–water partition coefficient (Wildman–Crippen LogP) is 1.80. The normalized spacial score (nSPS) is 13.6. The quantitative estimate of drug-likeness (QED) is 0.449. The van der Waals surface area contributed by atoms with Crippen molar-refractivity contribution in [2.45, 2.75) is 6.61 Å². The van der Waals surface area contributed by atoms with E-state index in [1.165, 1.54) is 28.2 Å². The van der Waals surface area contributed by atoms with Gasteiger partial charge in [-0.15, -0.1) is 0 Å². The summed E-state index contributed by atoms with van der Waals surface area (Å²) in [7, 11) is 1.55. The molecule has 35 heavy (non-hydrogen) atoms. The molecule has 9 heteroatoms. The summed E-state index contributed by atoms with van der Waals surface area (Å²) in [6.45, 7) is 0.396. The van der Waals surface area contributed by atoms with Crippen LogP contribution in [0.25, 0.3) is 16.8 Å². The number of allylic oxidation sites excluding steroid dienone is 4. The Morgan fingerprint density at radius 1 is 1.06 bits per heavy atom. The summed E-state index contributed by atoms with van der Waals surface area (Å²) in [6.07, 6.45) is 7.91. The highest BCUT2D eigenvalue weighted by molar-refractivity contribution is 7.11. The average molecular weight is 485 g/mol. The number of hydrogen-bond donors (Lipinski definition) is 2. The fourth-order valence-corrected chi connectivity index (χ4v) is 4.49. The molecule has 2 aromatic carbocycles. The van der Waals surface area contributed by atoms with Crippen molar-refractivity contribution in [2.75, 3.05) is 7.11 Å². The van der Waals surface area contributed by atoms with Crippen LogP contribution in [0.2, 0.25) is 0 Å². The maximum Gasteiger partial charge on any atom is 0.283 e. The van der Waals surface area contributed by atoms with Crippen molar-refractivity contribution in [2.24, 2.45) is 0 Å². The molecule has 5 rings (SSSR count). The molecule has 3 aliphatic rings. The molecule has 2 heterocycles. The molecule has 0 saturated heterocycles. The molecule has 1 aliphatic carbocycles. The van der Waals surface area contributed by atoms with Crippen molar-refractivity contribution in [1.82, 2.24) is 14.8 Å². The monoisotopic (exact) mass is 484 g/mol. The largest absolute Gasteiger partial charge is 0.493 e.